The molecule has 0 atom stereocenters. The number of fused-ring (bicyclic) bond motifs is 2. The minimum absolute atomic E-state index is 0.296. The van der Waals surface area contributed by atoms with Crippen LogP contribution in [-0.2, 0) is 6.54 Å². The number of rotatable bonds is 4. The Labute approximate surface area is 205 Å². The van der Waals surface area contributed by atoms with Crippen molar-refractivity contribution in [3.8, 4) is 27.9 Å². The maximum Gasteiger partial charge on any atom is 0.181 e. The number of halogens is 1. The quantitative estimate of drug-likeness (QED) is 0.304. The van der Waals surface area contributed by atoms with Crippen molar-refractivity contribution in [2.24, 2.45) is 5.73 Å². The molecule has 2 heterocycles. The van der Waals surface area contributed by atoms with E-state index in [9.17, 15) is 0 Å². The summed E-state index contributed by atoms with van der Waals surface area (Å²) in [4.78, 5) is 4.32. The Morgan fingerprint density at radius 2 is 1.69 bits per heavy atom. The fraction of sp³-hybridized carbons (Fsp3) is 0.0714. The lowest BCUT2D eigenvalue weighted by atomic mass is 9.99. The molecule has 6 rings (SSSR count). The first-order valence-corrected chi connectivity index (χ1v) is 12.1. The Balaban J connectivity index is 1.43. The van der Waals surface area contributed by atoms with E-state index in [4.69, 9.17) is 11.5 Å². The molecule has 0 spiro atoms. The van der Waals surface area contributed by atoms with Crippen molar-refractivity contribution in [2.45, 2.75) is 13.5 Å². The van der Waals surface area contributed by atoms with Crippen molar-refractivity contribution < 1.29 is 4.39 Å². The molecule has 6 aromatic rings. The molecule has 0 aliphatic rings. The number of anilines is 1. The van der Waals surface area contributed by atoms with E-state index in [1.54, 1.807) is 4.68 Å². The number of nitrogens with zero attached hydrogens (tertiary/aromatic N) is 3. The molecule has 172 valence electrons. The van der Waals surface area contributed by atoms with E-state index in [0.717, 1.165) is 49.2 Å². The van der Waals surface area contributed by atoms with Gasteiger partial charge in [-0.3, -0.25) is 0 Å². The molecule has 0 radical (unpaired) electrons. The van der Waals surface area contributed by atoms with Gasteiger partial charge in [0.2, 0.25) is 0 Å². The summed E-state index contributed by atoms with van der Waals surface area (Å²) in [7, 11) is 0. The van der Waals surface area contributed by atoms with E-state index < -0.39 is 0 Å². The Hall–Kier alpha value is -4.07. The number of aryl methyl sites for hydroxylation is 1. The lowest BCUT2D eigenvalue weighted by Crippen LogP contribution is -2.02. The van der Waals surface area contributed by atoms with E-state index >= 15 is 4.39 Å². The highest BCUT2D eigenvalue weighted by molar-refractivity contribution is 7.22. The van der Waals surface area contributed by atoms with Crippen molar-refractivity contribution >= 4 is 37.6 Å². The first-order chi connectivity index (χ1) is 17.0. The number of benzene rings is 4. The molecule has 0 amide bonds. The van der Waals surface area contributed by atoms with Gasteiger partial charge in [-0.25, -0.2) is 14.1 Å². The molecule has 4 aromatic carbocycles. The predicted molar refractivity (Wildman–Crippen MR) is 142 cm³/mol. The van der Waals surface area contributed by atoms with Crippen LogP contribution in [0.2, 0.25) is 0 Å². The first-order valence-electron chi connectivity index (χ1n) is 11.3. The number of hydrogen-bond acceptors (Lipinski definition) is 5. The maximum atomic E-state index is 16.0. The van der Waals surface area contributed by atoms with Crippen LogP contribution in [0.4, 0.5) is 9.52 Å². The molecular weight excluding hydrogens is 457 g/mol. The summed E-state index contributed by atoms with van der Waals surface area (Å²) < 4.78 is 18.7. The van der Waals surface area contributed by atoms with Gasteiger partial charge in [-0.15, -0.1) is 0 Å². The largest absolute Gasteiger partial charge is 0.375 e. The van der Waals surface area contributed by atoms with Crippen LogP contribution in [0.15, 0.2) is 78.9 Å². The zero-order valence-corrected chi connectivity index (χ0v) is 19.8. The highest BCUT2D eigenvalue weighted by Gasteiger charge is 2.18. The third-order valence-electron chi connectivity index (χ3n) is 6.29. The Bertz CT molecular complexity index is 1720. The molecular formula is C28H22FN5S. The molecule has 0 unspecified atom stereocenters. The van der Waals surface area contributed by atoms with Crippen molar-refractivity contribution in [1.82, 2.24) is 14.8 Å². The van der Waals surface area contributed by atoms with E-state index in [-0.39, 0.29) is 5.82 Å². The minimum Gasteiger partial charge on any atom is -0.375 e. The van der Waals surface area contributed by atoms with Gasteiger partial charge in [-0.2, -0.15) is 5.10 Å². The van der Waals surface area contributed by atoms with Crippen LogP contribution in [-0.4, -0.2) is 14.8 Å². The van der Waals surface area contributed by atoms with E-state index in [0.29, 0.717) is 22.8 Å². The normalized spacial score (nSPS) is 11.5. The standard InChI is InChI=1S/C28H22FN5S/c1-16-22-10-11-23(26(29)27(22)34(33-16)21-4-2-3-17(13-21)15-30)19-7-5-18(6-8-19)20-9-12-24-25(14-20)35-28(31)32-24/h2-14H,15,30H2,1H3,(H2,31,32). The van der Waals surface area contributed by atoms with Crippen LogP contribution < -0.4 is 11.5 Å². The maximum absolute atomic E-state index is 16.0. The molecule has 7 heteroatoms. The summed E-state index contributed by atoms with van der Waals surface area (Å²) in [6.45, 7) is 2.31. The Kier molecular flexibility index (Phi) is 5.09. The van der Waals surface area contributed by atoms with E-state index in [1.807, 2.05) is 79.7 Å². The number of nitrogens with two attached hydrogens (primary N) is 2. The zero-order valence-electron chi connectivity index (χ0n) is 19.0. The van der Waals surface area contributed by atoms with Crippen molar-refractivity contribution in [3.05, 3.63) is 95.9 Å². The van der Waals surface area contributed by atoms with Crippen molar-refractivity contribution in [3.63, 3.8) is 0 Å². The van der Waals surface area contributed by atoms with Crippen LogP contribution in [0.5, 0.6) is 0 Å². The van der Waals surface area contributed by atoms with Crippen LogP contribution >= 0.6 is 11.3 Å². The predicted octanol–water partition coefficient (Wildman–Crippen LogP) is 6.46. The monoisotopic (exact) mass is 479 g/mol. The molecule has 0 bridgehead atoms. The van der Waals surface area contributed by atoms with Gasteiger partial charge in [0.05, 0.1) is 21.6 Å². The zero-order chi connectivity index (χ0) is 24.1. The Morgan fingerprint density at radius 3 is 2.49 bits per heavy atom. The second-order valence-corrected chi connectivity index (χ2v) is 9.57. The number of nitrogen functional groups attached to an aromatic ring is 1. The summed E-state index contributed by atoms with van der Waals surface area (Å²) in [6.07, 6.45) is 0. The van der Waals surface area contributed by atoms with Gasteiger partial charge in [0.1, 0.15) is 5.52 Å². The van der Waals surface area contributed by atoms with Gasteiger partial charge < -0.3 is 11.5 Å². The van der Waals surface area contributed by atoms with Gasteiger partial charge in [-0.1, -0.05) is 65.9 Å². The van der Waals surface area contributed by atoms with Crippen molar-refractivity contribution in [2.75, 3.05) is 5.73 Å². The lowest BCUT2D eigenvalue weighted by molar-refractivity contribution is 0.635. The summed E-state index contributed by atoms with van der Waals surface area (Å²) in [5, 5.41) is 5.98. The summed E-state index contributed by atoms with van der Waals surface area (Å²) in [6, 6.07) is 25.5. The van der Waals surface area contributed by atoms with Crippen molar-refractivity contribution in [1.29, 1.82) is 0 Å². The fourth-order valence-electron chi connectivity index (χ4n) is 4.51. The topological polar surface area (TPSA) is 82.8 Å². The lowest BCUT2D eigenvalue weighted by Gasteiger charge is -2.10. The summed E-state index contributed by atoms with van der Waals surface area (Å²) >= 11 is 1.47. The Morgan fingerprint density at radius 1 is 0.914 bits per heavy atom. The SMILES string of the molecule is Cc1nn(-c2cccc(CN)c2)c2c(F)c(-c3ccc(-c4ccc5nc(N)sc5c4)cc3)ccc12. The number of hydrogen-bond donors (Lipinski definition) is 2. The molecule has 5 nitrogen and oxygen atoms in total. The second kappa shape index (κ2) is 8.30. The highest BCUT2D eigenvalue weighted by atomic mass is 32.1. The number of thiazole rings is 1. The molecule has 2 aromatic heterocycles. The van der Waals surface area contributed by atoms with Gasteiger partial charge in [0, 0.05) is 17.5 Å². The van der Waals surface area contributed by atoms with Crippen LogP contribution in [0.25, 0.3) is 49.1 Å². The molecule has 0 aliphatic heterocycles. The average molecular weight is 480 g/mol. The average Bonchev–Trinajstić information content (AvgIpc) is 3.43. The molecule has 4 N–H and O–H groups in total. The van der Waals surface area contributed by atoms with E-state index in [2.05, 4.69) is 16.1 Å². The third kappa shape index (κ3) is 3.65. The van der Waals surface area contributed by atoms with E-state index in [1.165, 1.54) is 11.3 Å². The van der Waals surface area contributed by atoms with Crippen LogP contribution in [0.3, 0.4) is 0 Å². The summed E-state index contributed by atoms with van der Waals surface area (Å²) in [5.41, 5.74) is 19.0. The molecule has 35 heavy (non-hydrogen) atoms. The fourth-order valence-corrected chi connectivity index (χ4v) is 5.28. The third-order valence-corrected chi connectivity index (χ3v) is 7.14. The number of aromatic nitrogens is 3. The molecule has 0 saturated heterocycles. The molecule has 0 fully saturated rings. The second-order valence-electron chi connectivity index (χ2n) is 8.51. The molecule has 0 aliphatic carbocycles. The highest BCUT2D eigenvalue weighted by Crippen LogP contribution is 2.34. The van der Waals surface area contributed by atoms with Gasteiger partial charge in [0.25, 0.3) is 0 Å². The smallest absolute Gasteiger partial charge is 0.181 e. The van der Waals surface area contributed by atoms with Gasteiger partial charge >= 0.3 is 0 Å². The van der Waals surface area contributed by atoms with Crippen LogP contribution in [0, 0.1) is 12.7 Å². The minimum atomic E-state index is -0.296. The summed E-state index contributed by atoms with van der Waals surface area (Å²) in [5.74, 6) is -0.296. The van der Waals surface area contributed by atoms with Crippen LogP contribution in [0.1, 0.15) is 11.3 Å². The molecule has 0 saturated carbocycles. The first kappa shape index (κ1) is 21.5. The van der Waals surface area contributed by atoms with Gasteiger partial charge in [0.15, 0.2) is 10.9 Å². The van der Waals surface area contributed by atoms with Gasteiger partial charge in [-0.05, 0) is 53.4 Å².